The molecule has 2 heterocycles. The average molecular weight is 340 g/mol. The summed E-state index contributed by atoms with van der Waals surface area (Å²) in [5, 5.41) is 12.1. The highest BCUT2D eigenvalue weighted by Crippen LogP contribution is 2.39. The molecule has 24 heavy (non-hydrogen) atoms. The van der Waals surface area contributed by atoms with Crippen molar-refractivity contribution >= 4 is 17.4 Å². The maximum Gasteiger partial charge on any atom is 0.247 e. The van der Waals surface area contributed by atoms with Crippen LogP contribution in [-0.4, -0.2) is 21.4 Å². The van der Waals surface area contributed by atoms with Gasteiger partial charge in [0.1, 0.15) is 5.82 Å². The number of nitrogens with one attached hydrogen (secondary N) is 1. The van der Waals surface area contributed by atoms with Crippen LogP contribution in [0.15, 0.2) is 53.7 Å². The molecule has 0 unspecified atom stereocenters. The minimum atomic E-state index is -0.708. The van der Waals surface area contributed by atoms with Crippen molar-refractivity contribution in [2.75, 3.05) is 11.6 Å². The summed E-state index contributed by atoms with van der Waals surface area (Å²) in [6.07, 6.45) is 1.15. The second-order valence-electron chi connectivity index (χ2n) is 5.16. The van der Waals surface area contributed by atoms with Crippen molar-refractivity contribution in [2.24, 2.45) is 0 Å². The van der Waals surface area contributed by atoms with Crippen molar-refractivity contribution < 1.29 is 9.13 Å². The fourth-order valence-corrected chi connectivity index (χ4v) is 2.86. The van der Waals surface area contributed by atoms with Crippen LogP contribution in [0.4, 0.5) is 10.1 Å². The van der Waals surface area contributed by atoms with E-state index < -0.39 is 6.23 Å². The first-order valence-electron chi connectivity index (χ1n) is 7.32. The Bertz CT molecular complexity index is 905. The predicted octanol–water partition coefficient (Wildman–Crippen LogP) is 3.90. The molecule has 0 saturated heterocycles. The Balaban J connectivity index is 1.89. The summed E-state index contributed by atoms with van der Waals surface area (Å²) < 4.78 is 20.2. The lowest BCUT2D eigenvalue weighted by molar-refractivity contribution is 0.220. The molecule has 1 aliphatic rings. The van der Waals surface area contributed by atoms with Crippen LogP contribution in [0.1, 0.15) is 11.8 Å². The van der Waals surface area contributed by atoms with Crippen molar-refractivity contribution in [1.82, 2.24) is 15.2 Å². The first kappa shape index (κ1) is 14.9. The van der Waals surface area contributed by atoms with Crippen molar-refractivity contribution in [3.8, 4) is 17.1 Å². The number of hydrogen-bond acceptors (Lipinski definition) is 6. The van der Waals surface area contributed by atoms with Crippen LogP contribution < -0.4 is 10.1 Å². The van der Waals surface area contributed by atoms with Gasteiger partial charge in [-0.25, -0.2) is 4.39 Å². The van der Waals surface area contributed by atoms with E-state index >= 15 is 0 Å². The van der Waals surface area contributed by atoms with Crippen LogP contribution in [0.5, 0.6) is 5.88 Å². The lowest BCUT2D eigenvalue weighted by Crippen LogP contribution is -2.18. The lowest BCUT2D eigenvalue weighted by atomic mass is 10.1. The molecular weight excluding hydrogens is 327 g/mol. The summed E-state index contributed by atoms with van der Waals surface area (Å²) in [4.78, 5) is 4.40. The van der Waals surface area contributed by atoms with Gasteiger partial charge in [0.15, 0.2) is 5.69 Å². The van der Waals surface area contributed by atoms with Crippen LogP contribution in [0, 0.1) is 5.82 Å². The van der Waals surface area contributed by atoms with E-state index in [-0.39, 0.29) is 5.82 Å². The summed E-state index contributed by atoms with van der Waals surface area (Å²) in [7, 11) is 0. The van der Waals surface area contributed by atoms with Crippen molar-refractivity contribution in [3.05, 3.63) is 59.9 Å². The van der Waals surface area contributed by atoms with Gasteiger partial charge in [0.25, 0.3) is 0 Å². The molecule has 1 aromatic heterocycles. The number of benzene rings is 2. The fourth-order valence-electron chi connectivity index (χ4n) is 2.56. The number of aromatic nitrogens is 3. The third kappa shape index (κ3) is 2.56. The summed E-state index contributed by atoms with van der Waals surface area (Å²) in [5.41, 5.74) is 2.55. The van der Waals surface area contributed by atoms with Crippen LogP contribution in [0.3, 0.4) is 0 Å². The van der Waals surface area contributed by atoms with Gasteiger partial charge < -0.3 is 10.1 Å². The molecule has 4 rings (SSSR count). The molecule has 7 heteroatoms. The van der Waals surface area contributed by atoms with E-state index in [4.69, 9.17) is 4.74 Å². The molecule has 1 aliphatic heterocycles. The second kappa shape index (κ2) is 6.09. The predicted molar refractivity (Wildman–Crippen MR) is 90.4 cm³/mol. The molecule has 0 spiro atoms. The highest BCUT2D eigenvalue weighted by atomic mass is 32.2. The monoisotopic (exact) mass is 340 g/mol. The summed E-state index contributed by atoms with van der Waals surface area (Å²) >= 11 is 1.37. The van der Waals surface area contributed by atoms with Crippen LogP contribution in [0.25, 0.3) is 11.3 Å². The molecule has 3 aromatic rings. The molecule has 2 aromatic carbocycles. The summed E-state index contributed by atoms with van der Waals surface area (Å²) in [6.45, 7) is 0. The summed E-state index contributed by atoms with van der Waals surface area (Å²) in [5.74, 6) is -0.0110. The number of para-hydroxylation sites is 1. The molecule has 1 atom stereocenters. The quantitative estimate of drug-likeness (QED) is 0.714. The first-order valence-corrected chi connectivity index (χ1v) is 8.54. The van der Waals surface area contributed by atoms with Crippen LogP contribution in [-0.2, 0) is 0 Å². The molecule has 5 nitrogen and oxygen atoms in total. The van der Waals surface area contributed by atoms with Gasteiger partial charge in [-0.15, -0.1) is 10.2 Å². The van der Waals surface area contributed by atoms with E-state index in [1.54, 1.807) is 18.2 Å². The number of ether oxygens (including phenoxy) is 1. The molecule has 0 bridgehead atoms. The van der Waals surface area contributed by atoms with Gasteiger partial charge in [0.2, 0.25) is 17.3 Å². The van der Waals surface area contributed by atoms with Gasteiger partial charge in [-0.3, -0.25) is 0 Å². The van der Waals surface area contributed by atoms with Gasteiger partial charge in [-0.2, -0.15) is 4.98 Å². The molecule has 0 amide bonds. The zero-order chi connectivity index (χ0) is 16.5. The van der Waals surface area contributed by atoms with Gasteiger partial charge >= 0.3 is 0 Å². The molecule has 0 aliphatic carbocycles. The largest absolute Gasteiger partial charge is 0.448 e. The lowest BCUT2D eigenvalue weighted by Gasteiger charge is -2.19. The van der Waals surface area contributed by atoms with Gasteiger partial charge in [0.05, 0.1) is 0 Å². The van der Waals surface area contributed by atoms with Gasteiger partial charge in [0, 0.05) is 16.8 Å². The zero-order valence-electron chi connectivity index (χ0n) is 12.7. The van der Waals surface area contributed by atoms with Gasteiger partial charge in [-0.05, 0) is 18.4 Å². The highest BCUT2D eigenvalue weighted by Gasteiger charge is 2.27. The number of fused-ring (bicyclic) bond motifs is 3. The number of anilines is 1. The molecule has 0 fully saturated rings. The number of halogens is 1. The smallest absolute Gasteiger partial charge is 0.247 e. The topological polar surface area (TPSA) is 59.9 Å². The Morgan fingerprint density at radius 2 is 1.88 bits per heavy atom. The molecule has 120 valence electrons. The van der Waals surface area contributed by atoms with Gasteiger partial charge in [-0.1, -0.05) is 48.2 Å². The minimum absolute atomic E-state index is 0.333. The maximum absolute atomic E-state index is 14.2. The Hall–Kier alpha value is -2.67. The van der Waals surface area contributed by atoms with E-state index in [9.17, 15) is 4.39 Å². The van der Waals surface area contributed by atoms with Crippen LogP contribution >= 0.6 is 11.8 Å². The number of nitrogens with zero attached hydrogens (tertiary/aromatic N) is 3. The summed E-state index contributed by atoms with van der Waals surface area (Å²) in [6, 6.07) is 14.1. The molecule has 0 radical (unpaired) electrons. The SMILES string of the molecule is CSc1nnc2c(n1)O[C@@H](c1ccccc1F)Nc1ccccc1-2. The number of hydrogen-bond donors (Lipinski definition) is 1. The van der Waals surface area contributed by atoms with E-state index in [2.05, 4.69) is 20.5 Å². The number of thioether (sulfide) groups is 1. The van der Waals surface area contributed by atoms with Crippen LogP contribution in [0.2, 0.25) is 0 Å². The average Bonchev–Trinajstić information content (AvgIpc) is 2.78. The fraction of sp³-hybridized carbons (Fsp3) is 0.118. The Kier molecular flexibility index (Phi) is 3.78. The van der Waals surface area contributed by atoms with E-state index in [1.807, 2.05) is 30.5 Å². The van der Waals surface area contributed by atoms with E-state index in [0.717, 1.165) is 11.3 Å². The Morgan fingerprint density at radius 3 is 2.71 bits per heavy atom. The normalized spacial score (nSPS) is 15.5. The Labute approximate surface area is 142 Å². The van der Waals surface area contributed by atoms with Crippen molar-refractivity contribution in [3.63, 3.8) is 0 Å². The molecule has 1 N–H and O–H groups in total. The number of rotatable bonds is 2. The van der Waals surface area contributed by atoms with Crippen molar-refractivity contribution in [1.29, 1.82) is 0 Å². The molecule has 0 saturated carbocycles. The standard InChI is InChI=1S/C17H13FN4OS/c1-24-17-20-16-14(21-22-17)11-7-3-5-9-13(11)19-15(23-16)10-6-2-4-8-12(10)18/h2-9,15,19H,1H3/t15-/m0/s1. The maximum atomic E-state index is 14.2. The second-order valence-corrected chi connectivity index (χ2v) is 5.93. The minimum Gasteiger partial charge on any atom is -0.448 e. The highest BCUT2D eigenvalue weighted by molar-refractivity contribution is 7.98. The molecular formula is C17H13FN4OS. The third-order valence-corrected chi connectivity index (χ3v) is 4.24. The Morgan fingerprint density at radius 1 is 1.08 bits per heavy atom. The zero-order valence-corrected chi connectivity index (χ0v) is 13.5. The first-order chi connectivity index (χ1) is 11.8. The third-order valence-electron chi connectivity index (χ3n) is 3.70. The van der Waals surface area contributed by atoms with Crippen molar-refractivity contribution in [2.45, 2.75) is 11.4 Å². The van der Waals surface area contributed by atoms with E-state index in [1.165, 1.54) is 17.8 Å². The van der Waals surface area contributed by atoms with E-state index in [0.29, 0.717) is 22.3 Å².